The normalized spacial score (nSPS) is 10.6. The highest BCUT2D eigenvalue weighted by Crippen LogP contribution is 2.29. The number of halogens is 1. The largest absolute Gasteiger partial charge is 0.497 e. The van der Waals surface area contributed by atoms with Gasteiger partial charge in [-0.05, 0) is 23.8 Å². The number of aliphatic carboxylic acids is 1. The van der Waals surface area contributed by atoms with E-state index in [1.165, 1.54) is 18.4 Å². The Morgan fingerprint density at radius 3 is 2.56 bits per heavy atom. The number of carbonyl (C=O) groups is 1. The summed E-state index contributed by atoms with van der Waals surface area (Å²) in [6.45, 7) is -0.518. The second-order valence-electron chi connectivity index (χ2n) is 5.17. The van der Waals surface area contributed by atoms with Crippen molar-refractivity contribution in [2.75, 3.05) is 13.7 Å². The van der Waals surface area contributed by atoms with Gasteiger partial charge in [0, 0.05) is 6.07 Å². The number of rotatable bonds is 5. The Kier molecular flexibility index (Phi) is 4.63. The molecule has 0 fully saturated rings. The van der Waals surface area contributed by atoms with Crippen molar-refractivity contribution in [1.29, 1.82) is 0 Å². The number of carboxylic acids is 1. The maximum absolute atomic E-state index is 12.8. The average molecular weight is 361 g/mol. The maximum Gasteiger partial charge on any atom is 0.341 e. The van der Waals surface area contributed by atoms with E-state index in [4.69, 9.17) is 30.6 Å². The third-order valence-electron chi connectivity index (χ3n) is 3.57. The van der Waals surface area contributed by atoms with E-state index in [-0.39, 0.29) is 27.2 Å². The van der Waals surface area contributed by atoms with Crippen LogP contribution in [0.2, 0.25) is 5.02 Å². The molecule has 25 heavy (non-hydrogen) atoms. The van der Waals surface area contributed by atoms with Crippen LogP contribution in [-0.2, 0) is 4.79 Å². The number of benzene rings is 2. The van der Waals surface area contributed by atoms with Crippen LogP contribution in [0.5, 0.6) is 11.5 Å². The molecule has 3 rings (SSSR count). The van der Waals surface area contributed by atoms with Gasteiger partial charge in [-0.1, -0.05) is 23.7 Å². The summed E-state index contributed by atoms with van der Waals surface area (Å²) in [7, 11) is 1.56. The molecule has 0 saturated carbocycles. The molecule has 0 saturated heterocycles. The lowest BCUT2D eigenvalue weighted by Gasteiger charge is -2.08. The SMILES string of the molecule is COc1ccc(-c2coc3cc(OCC(=O)O)cc(Cl)c3c2=O)cc1. The van der Waals surface area contributed by atoms with Crippen molar-refractivity contribution in [2.24, 2.45) is 0 Å². The molecule has 0 unspecified atom stereocenters. The molecule has 1 N–H and O–H groups in total. The van der Waals surface area contributed by atoms with Gasteiger partial charge in [0.2, 0.25) is 5.43 Å². The van der Waals surface area contributed by atoms with Crippen molar-refractivity contribution in [3.8, 4) is 22.6 Å². The Balaban J connectivity index is 2.07. The van der Waals surface area contributed by atoms with Crippen LogP contribution in [-0.4, -0.2) is 24.8 Å². The Hall–Kier alpha value is -2.99. The summed E-state index contributed by atoms with van der Waals surface area (Å²) in [5.41, 5.74) is 0.950. The molecular weight excluding hydrogens is 348 g/mol. The van der Waals surface area contributed by atoms with E-state index in [0.29, 0.717) is 16.9 Å². The van der Waals surface area contributed by atoms with E-state index < -0.39 is 12.6 Å². The van der Waals surface area contributed by atoms with Gasteiger partial charge in [0.15, 0.2) is 6.61 Å². The molecule has 0 aliphatic heterocycles. The zero-order valence-corrected chi connectivity index (χ0v) is 13.9. The van der Waals surface area contributed by atoms with Crippen LogP contribution in [0.4, 0.5) is 0 Å². The van der Waals surface area contributed by atoms with Gasteiger partial charge in [-0.25, -0.2) is 4.79 Å². The molecular formula is C18H13ClO6. The van der Waals surface area contributed by atoms with Crippen molar-refractivity contribution in [1.82, 2.24) is 0 Å². The first kappa shape index (κ1) is 16.9. The van der Waals surface area contributed by atoms with Gasteiger partial charge in [-0.2, -0.15) is 0 Å². The Morgan fingerprint density at radius 2 is 1.92 bits per heavy atom. The van der Waals surface area contributed by atoms with Crippen molar-refractivity contribution in [2.45, 2.75) is 0 Å². The molecule has 2 aromatic carbocycles. The highest BCUT2D eigenvalue weighted by molar-refractivity contribution is 6.35. The first-order valence-corrected chi connectivity index (χ1v) is 7.61. The zero-order valence-electron chi connectivity index (χ0n) is 13.1. The van der Waals surface area contributed by atoms with Gasteiger partial charge in [-0.3, -0.25) is 4.79 Å². The van der Waals surface area contributed by atoms with Crippen molar-refractivity contribution < 1.29 is 23.8 Å². The lowest BCUT2D eigenvalue weighted by molar-refractivity contribution is -0.139. The summed E-state index contributed by atoms with van der Waals surface area (Å²) in [5, 5.41) is 8.99. The summed E-state index contributed by atoms with van der Waals surface area (Å²) >= 11 is 6.18. The summed E-state index contributed by atoms with van der Waals surface area (Å²) in [6, 6.07) is 9.79. The fraction of sp³-hybridized carbons (Fsp3) is 0.111. The molecule has 1 aromatic heterocycles. The van der Waals surface area contributed by atoms with Gasteiger partial charge < -0.3 is 19.0 Å². The topological polar surface area (TPSA) is 86.0 Å². The van der Waals surface area contributed by atoms with Crippen LogP contribution < -0.4 is 14.9 Å². The minimum Gasteiger partial charge on any atom is -0.497 e. The van der Waals surface area contributed by atoms with Crippen LogP contribution in [0.25, 0.3) is 22.1 Å². The first-order valence-electron chi connectivity index (χ1n) is 7.23. The Labute approximate surface area is 147 Å². The third kappa shape index (κ3) is 3.44. The van der Waals surface area contributed by atoms with Gasteiger partial charge >= 0.3 is 5.97 Å². The standard InChI is InChI=1S/C18H13ClO6/c1-23-11-4-2-10(3-5-11)13-8-25-15-7-12(24-9-16(20)21)6-14(19)17(15)18(13)22/h2-8H,9H2,1H3,(H,20,21). The molecule has 0 atom stereocenters. The highest BCUT2D eigenvalue weighted by Gasteiger charge is 2.14. The maximum atomic E-state index is 12.8. The van der Waals surface area contributed by atoms with Gasteiger partial charge in [-0.15, -0.1) is 0 Å². The number of hydrogen-bond donors (Lipinski definition) is 1. The Bertz CT molecular complexity index is 991. The fourth-order valence-corrected chi connectivity index (χ4v) is 2.67. The molecule has 0 radical (unpaired) electrons. The number of hydrogen-bond acceptors (Lipinski definition) is 5. The van der Waals surface area contributed by atoms with E-state index in [0.717, 1.165) is 0 Å². The molecule has 7 heteroatoms. The zero-order chi connectivity index (χ0) is 18.0. The number of carboxylic acid groups (broad SMARTS) is 1. The molecule has 0 spiro atoms. The van der Waals surface area contributed by atoms with E-state index in [9.17, 15) is 9.59 Å². The molecule has 3 aromatic rings. The molecule has 1 heterocycles. The van der Waals surface area contributed by atoms with Crippen LogP contribution in [0.1, 0.15) is 0 Å². The minimum atomic E-state index is -1.12. The number of ether oxygens (including phenoxy) is 2. The summed E-state index contributed by atoms with van der Waals surface area (Å²) in [6.07, 6.45) is 1.34. The fourth-order valence-electron chi connectivity index (χ4n) is 2.38. The Morgan fingerprint density at radius 1 is 1.20 bits per heavy atom. The van der Waals surface area contributed by atoms with Crippen LogP contribution >= 0.6 is 11.6 Å². The molecule has 0 aliphatic rings. The van der Waals surface area contributed by atoms with Crippen LogP contribution in [0, 0.1) is 0 Å². The average Bonchev–Trinajstić information content (AvgIpc) is 2.60. The number of fused-ring (bicyclic) bond motifs is 1. The van der Waals surface area contributed by atoms with Crippen LogP contribution in [0.15, 0.2) is 51.9 Å². The van der Waals surface area contributed by atoms with Crippen molar-refractivity contribution >= 4 is 28.5 Å². The molecule has 6 nitrogen and oxygen atoms in total. The van der Waals surface area contributed by atoms with Crippen molar-refractivity contribution in [3.05, 3.63) is 57.9 Å². The molecule has 0 bridgehead atoms. The van der Waals surface area contributed by atoms with Crippen LogP contribution in [0.3, 0.4) is 0 Å². The summed E-state index contributed by atoms with van der Waals surface area (Å²) in [4.78, 5) is 23.4. The number of methoxy groups -OCH3 is 1. The monoisotopic (exact) mass is 360 g/mol. The third-order valence-corrected chi connectivity index (χ3v) is 3.86. The smallest absolute Gasteiger partial charge is 0.341 e. The predicted octanol–water partition coefficient (Wildman–Crippen LogP) is 3.59. The van der Waals surface area contributed by atoms with E-state index >= 15 is 0 Å². The second-order valence-corrected chi connectivity index (χ2v) is 5.57. The summed E-state index contributed by atoms with van der Waals surface area (Å²) in [5.74, 6) is -0.236. The minimum absolute atomic E-state index is 0.127. The van der Waals surface area contributed by atoms with Crippen molar-refractivity contribution in [3.63, 3.8) is 0 Å². The van der Waals surface area contributed by atoms with E-state index in [2.05, 4.69) is 0 Å². The van der Waals surface area contributed by atoms with Gasteiger partial charge in [0.25, 0.3) is 0 Å². The lowest BCUT2D eigenvalue weighted by atomic mass is 10.1. The van der Waals surface area contributed by atoms with E-state index in [1.54, 1.807) is 31.4 Å². The van der Waals surface area contributed by atoms with Gasteiger partial charge in [0.05, 0.1) is 23.1 Å². The lowest BCUT2D eigenvalue weighted by Crippen LogP contribution is -2.10. The van der Waals surface area contributed by atoms with Gasteiger partial charge in [0.1, 0.15) is 23.3 Å². The summed E-state index contributed by atoms with van der Waals surface area (Å²) < 4.78 is 15.7. The quantitative estimate of drug-likeness (QED) is 0.748. The molecule has 128 valence electrons. The highest BCUT2D eigenvalue weighted by atomic mass is 35.5. The molecule has 0 aliphatic carbocycles. The van der Waals surface area contributed by atoms with E-state index in [1.807, 2.05) is 0 Å². The predicted molar refractivity (Wildman–Crippen MR) is 92.6 cm³/mol. The first-order chi connectivity index (χ1) is 12.0. The molecule has 0 amide bonds. The second kappa shape index (κ2) is 6.86.